The van der Waals surface area contributed by atoms with E-state index in [0.29, 0.717) is 36.8 Å². The number of nitrogens with zero attached hydrogens (tertiary/aromatic N) is 1. The summed E-state index contributed by atoms with van der Waals surface area (Å²) in [6.45, 7) is 0.320. The molecule has 0 atom stereocenters. The first-order valence-electron chi connectivity index (χ1n) is 5.61. The van der Waals surface area contributed by atoms with Crippen molar-refractivity contribution in [2.75, 3.05) is 6.61 Å². The average Bonchev–Trinajstić information content (AvgIpc) is 3.14. The van der Waals surface area contributed by atoms with E-state index in [9.17, 15) is 9.59 Å². The Bertz CT molecular complexity index is 399. The second-order valence-corrected chi connectivity index (χ2v) is 3.98. The van der Waals surface area contributed by atoms with Crippen LogP contribution < -0.4 is 10.1 Å². The lowest BCUT2D eigenvalue weighted by molar-refractivity contribution is -0.121. The standard InChI is InChI=1S/C12H14N2O3/c15-8-10-3-4-11(7-13-10)17-6-5-12(16)14-9-1-2-9/h3-4,7-9H,1-2,5-6H2,(H,14,16). The van der Waals surface area contributed by atoms with E-state index >= 15 is 0 Å². The van der Waals surface area contributed by atoms with Crippen molar-refractivity contribution in [2.45, 2.75) is 25.3 Å². The molecule has 0 saturated heterocycles. The van der Waals surface area contributed by atoms with Gasteiger partial charge in [-0.2, -0.15) is 0 Å². The predicted octanol–water partition coefficient (Wildman–Crippen LogP) is 0.942. The van der Waals surface area contributed by atoms with Gasteiger partial charge in [0, 0.05) is 6.04 Å². The fourth-order valence-corrected chi connectivity index (χ4v) is 1.34. The van der Waals surface area contributed by atoms with Gasteiger partial charge in [-0.1, -0.05) is 0 Å². The van der Waals surface area contributed by atoms with Gasteiger partial charge in [-0.3, -0.25) is 9.59 Å². The van der Waals surface area contributed by atoms with Gasteiger partial charge in [0.05, 0.1) is 19.2 Å². The van der Waals surface area contributed by atoms with Crippen molar-refractivity contribution >= 4 is 12.2 Å². The summed E-state index contributed by atoms with van der Waals surface area (Å²) in [5.74, 6) is 0.583. The molecule has 0 aliphatic heterocycles. The van der Waals surface area contributed by atoms with Gasteiger partial charge in [-0.05, 0) is 25.0 Å². The number of carbonyl (C=O) groups excluding carboxylic acids is 2. The molecule has 0 unspecified atom stereocenters. The second kappa shape index (κ2) is 5.43. The molecule has 0 radical (unpaired) electrons. The molecule has 17 heavy (non-hydrogen) atoms. The van der Waals surface area contributed by atoms with Crippen molar-refractivity contribution in [3.05, 3.63) is 24.0 Å². The van der Waals surface area contributed by atoms with E-state index in [0.717, 1.165) is 12.8 Å². The molecule has 1 N–H and O–H groups in total. The minimum absolute atomic E-state index is 0.0185. The number of hydrogen-bond donors (Lipinski definition) is 1. The van der Waals surface area contributed by atoms with Crippen LogP contribution in [0.5, 0.6) is 5.75 Å². The van der Waals surface area contributed by atoms with Crippen molar-refractivity contribution in [1.82, 2.24) is 10.3 Å². The summed E-state index contributed by atoms with van der Waals surface area (Å²) < 4.78 is 5.34. The molecule has 1 saturated carbocycles. The number of ether oxygens (including phenoxy) is 1. The Hall–Kier alpha value is -1.91. The van der Waals surface area contributed by atoms with E-state index in [1.165, 1.54) is 6.20 Å². The van der Waals surface area contributed by atoms with Gasteiger partial charge in [-0.25, -0.2) is 4.98 Å². The molecule has 1 aliphatic rings. The maximum Gasteiger partial charge on any atom is 0.223 e. The monoisotopic (exact) mass is 234 g/mol. The first-order valence-corrected chi connectivity index (χ1v) is 5.61. The highest BCUT2D eigenvalue weighted by Crippen LogP contribution is 2.18. The first-order chi connectivity index (χ1) is 8.28. The minimum Gasteiger partial charge on any atom is -0.491 e. The molecule has 1 aromatic rings. The third-order valence-electron chi connectivity index (χ3n) is 2.42. The van der Waals surface area contributed by atoms with E-state index in [1.807, 2.05) is 0 Å². The van der Waals surface area contributed by atoms with Crippen LogP contribution in [0.25, 0.3) is 0 Å². The summed E-state index contributed by atoms with van der Waals surface area (Å²) in [5.41, 5.74) is 0.365. The topological polar surface area (TPSA) is 68.3 Å². The smallest absolute Gasteiger partial charge is 0.223 e. The van der Waals surface area contributed by atoms with Crippen LogP contribution in [0.2, 0.25) is 0 Å². The molecule has 5 nitrogen and oxygen atoms in total. The van der Waals surface area contributed by atoms with Crippen LogP contribution in [0.3, 0.4) is 0 Å². The average molecular weight is 234 g/mol. The molecule has 90 valence electrons. The molecule has 1 aliphatic carbocycles. The Morgan fingerprint density at radius 2 is 2.35 bits per heavy atom. The minimum atomic E-state index is 0.0185. The zero-order chi connectivity index (χ0) is 12.1. The van der Waals surface area contributed by atoms with Gasteiger partial charge < -0.3 is 10.1 Å². The lowest BCUT2D eigenvalue weighted by Crippen LogP contribution is -2.26. The van der Waals surface area contributed by atoms with Crippen LogP contribution in [0.15, 0.2) is 18.3 Å². The maximum absolute atomic E-state index is 11.3. The molecule has 0 bridgehead atoms. The molecule has 1 amide bonds. The quantitative estimate of drug-likeness (QED) is 0.744. The fourth-order valence-electron chi connectivity index (χ4n) is 1.34. The van der Waals surface area contributed by atoms with E-state index < -0.39 is 0 Å². The van der Waals surface area contributed by atoms with Crippen molar-refractivity contribution in [1.29, 1.82) is 0 Å². The van der Waals surface area contributed by atoms with Gasteiger partial charge in [0.2, 0.25) is 5.91 Å². The van der Waals surface area contributed by atoms with Crippen LogP contribution in [0.1, 0.15) is 29.8 Å². The van der Waals surface area contributed by atoms with Gasteiger partial charge in [0.15, 0.2) is 6.29 Å². The Kier molecular flexibility index (Phi) is 3.69. The summed E-state index contributed by atoms with van der Waals surface area (Å²) in [7, 11) is 0. The number of aromatic nitrogens is 1. The summed E-state index contributed by atoms with van der Waals surface area (Å²) in [4.78, 5) is 25.6. The summed E-state index contributed by atoms with van der Waals surface area (Å²) in [5, 5.41) is 2.88. The molecule has 1 heterocycles. The molecule has 1 fully saturated rings. The van der Waals surface area contributed by atoms with E-state index in [1.54, 1.807) is 12.1 Å². The van der Waals surface area contributed by atoms with Gasteiger partial charge in [0.1, 0.15) is 11.4 Å². The zero-order valence-electron chi connectivity index (χ0n) is 9.39. The van der Waals surface area contributed by atoms with Crippen LogP contribution in [0.4, 0.5) is 0 Å². The second-order valence-electron chi connectivity index (χ2n) is 3.98. The van der Waals surface area contributed by atoms with Crippen LogP contribution in [-0.2, 0) is 4.79 Å². The van der Waals surface area contributed by atoms with Crippen LogP contribution in [0, 0.1) is 0 Å². The van der Waals surface area contributed by atoms with Gasteiger partial charge in [-0.15, -0.1) is 0 Å². The molecule has 0 spiro atoms. The van der Waals surface area contributed by atoms with E-state index in [-0.39, 0.29) is 5.91 Å². The molecule has 2 rings (SSSR count). The Morgan fingerprint density at radius 1 is 1.53 bits per heavy atom. The van der Waals surface area contributed by atoms with E-state index in [2.05, 4.69) is 10.3 Å². The third kappa shape index (κ3) is 3.86. The Labute approximate surface area is 99.2 Å². The molecule has 5 heteroatoms. The van der Waals surface area contributed by atoms with Gasteiger partial charge in [0.25, 0.3) is 0 Å². The molecule has 1 aromatic heterocycles. The zero-order valence-corrected chi connectivity index (χ0v) is 9.39. The summed E-state index contributed by atoms with van der Waals surface area (Å²) in [6, 6.07) is 3.62. The van der Waals surface area contributed by atoms with Gasteiger partial charge >= 0.3 is 0 Å². The van der Waals surface area contributed by atoms with Crippen molar-refractivity contribution in [3.63, 3.8) is 0 Å². The largest absolute Gasteiger partial charge is 0.491 e. The predicted molar refractivity (Wildman–Crippen MR) is 60.9 cm³/mol. The highest BCUT2D eigenvalue weighted by molar-refractivity contribution is 5.76. The first kappa shape index (κ1) is 11.6. The maximum atomic E-state index is 11.3. The number of hydrogen-bond acceptors (Lipinski definition) is 4. The van der Waals surface area contributed by atoms with Crippen molar-refractivity contribution in [2.24, 2.45) is 0 Å². The lowest BCUT2D eigenvalue weighted by atomic mass is 10.3. The molecular weight excluding hydrogens is 220 g/mol. The SMILES string of the molecule is O=Cc1ccc(OCCC(=O)NC2CC2)cn1. The Balaban J connectivity index is 1.69. The fraction of sp³-hybridized carbons (Fsp3) is 0.417. The number of pyridine rings is 1. The Morgan fingerprint density at radius 3 is 2.94 bits per heavy atom. The highest BCUT2D eigenvalue weighted by atomic mass is 16.5. The highest BCUT2D eigenvalue weighted by Gasteiger charge is 2.22. The van der Waals surface area contributed by atoms with Crippen LogP contribution in [-0.4, -0.2) is 29.8 Å². The number of amides is 1. The third-order valence-corrected chi connectivity index (χ3v) is 2.42. The van der Waals surface area contributed by atoms with E-state index in [4.69, 9.17) is 4.74 Å². The summed E-state index contributed by atoms with van der Waals surface area (Å²) >= 11 is 0. The normalized spacial score (nSPS) is 14.1. The van der Waals surface area contributed by atoms with Crippen LogP contribution >= 0.6 is 0 Å². The number of aldehydes is 1. The molecule has 0 aromatic carbocycles. The van der Waals surface area contributed by atoms with Crippen molar-refractivity contribution in [3.8, 4) is 5.75 Å². The molecular formula is C12H14N2O3. The van der Waals surface area contributed by atoms with Crippen molar-refractivity contribution < 1.29 is 14.3 Å². The number of rotatable bonds is 6. The number of carbonyl (C=O) groups is 2. The lowest BCUT2D eigenvalue weighted by Gasteiger charge is -2.06. The number of nitrogens with one attached hydrogen (secondary N) is 1. The summed E-state index contributed by atoms with van der Waals surface area (Å²) in [6.07, 6.45) is 4.66.